The van der Waals surface area contributed by atoms with Crippen LogP contribution in [-0.4, -0.2) is 78.4 Å². The second-order valence-corrected chi connectivity index (χ2v) is 5.00. The van der Waals surface area contributed by atoms with Gasteiger partial charge in [0.1, 0.15) is 11.5 Å². The van der Waals surface area contributed by atoms with Crippen molar-refractivity contribution in [2.75, 3.05) is 66.1 Å². The lowest BCUT2D eigenvalue weighted by Crippen LogP contribution is -2.12. The van der Waals surface area contributed by atoms with Gasteiger partial charge in [0.25, 0.3) is 0 Å². The molecule has 0 spiro atoms. The van der Waals surface area contributed by atoms with Crippen LogP contribution in [0.1, 0.15) is 0 Å². The molecule has 146 valence electrons. The molecule has 0 aromatic rings. The van der Waals surface area contributed by atoms with E-state index in [1.807, 2.05) is 0 Å². The van der Waals surface area contributed by atoms with Crippen molar-refractivity contribution in [2.45, 2.75) is 0 Å². The van der Waals surface area contributed by atoms with E-state index in [1.165, 1.54) is 0 Å². The summed E-state index contributed by atoms with van der Waals surface area (Å²) in [7, 11) is 0. The van der Waals surface area contributed by atoms with Gasteiger partial charge in [0.2, 0.25) is 0 Å². The van der Waals surface area contributed by atoms with E-state index in [9.17, 15) is 9.59 Å². The number of hydrogen-bond donors (Lipinski definition) is 0. The summed E-state index contributed by atoms with van der Waals surface area (Å²) in [6.45, 7) is 3.57. The summed E-state index contributed by atoms with van der Waals surface area (Å²) in [5.74, 6) is 0.917. The Kier molecular flexibility index (Phi) is 9.51. The van der Waals surface area contributed by atoms with E-state index in [2.05, 4.69) is 9.47 Å². The number of cyclic esters (lactones) is 4. The number of hydrogen-bond acceptors (Lipinski definition) is 10. The first-order chi connectivity index (χ1) is 12.7. The lowest BCUT2D eigenvalue weighted by Gasteiger charge is -2.06. The zero-order valence-electron chi connectivity index (χ0n) is 14.3. The molecule has 0 atom stereocenters. The maximum absolute atomic E-state index is 10.7. The third kappa shape index (κ3) is 8.81. The molecule has 0 unspecified atom stereocenters. The van der Waals surface area contributed by atoms with E-state index in [0.29, 0.717) is 64.4 Å². The lowest BCUT2D eigenvalue weighted by atomic mass is 10.5. The molecule has 0 aromatic carbocycles. The molecule has 2 aliphatic rings. The molecular weight excluding hydrogens is 352 g/mol. The lowest BCUT2D eigenvalue weighted by molar-refractivity contribution is 0.00367. The van der Waals surface area contributed by atoms with Crippen LogP contribution in [0.25, 0.3) is 0 Å². The Morgan fingerprint density at radius 3 is 1.38 bits per heavy atom. The smallest absolute Gasteiger partial charge is 0.426 e. The van der Waals surface area contributed by atoms with Crippen molar-refractivity contribution in [3.8, 4) is 0 Å². The van der Waals surface area contributed by atoms with Crippen molar-refractivity contribution < 1.29 is 47.5 Å². The van der Waals surface area contributed by atoms with Gasteiger partial charge in [-0.2, -0.15) is 0 Å². The summed E-state index contributed by atoms with van der Waals surface area (Å²) in [4.78, 5) is 21.3. The molecule has 2 saturated heterocycles. The van der Waals surface area contributed by atoms with Crippen LogP contribution in [0.2, 0.25) is 0 Å². The molecule has 10 heteroatoms. The quantitative estimate of drug-likeness (QED) is 0.344. The fourth-order valence-corrected chi connectivity index (χ4v) is 1.82. The standard InChI is InChI=1S/C16H22O10/c17-15-23-11-13(25-15)1-3-19-5-7-21-9-10-22-8-6-20-4-2-14-12-24-16(18)26-14/h1-2H,3-12H2/b13-1-,14-2-. The van der Waals surface area contributed by atoms with E-state index >= 15 is 0 Å². The van der Waals surface area contributed by atoms with Crippen LogP contribution < -0.4 is 0 Å². The number of carbonyl (C=O) groups excluding carboxylic acids is 2. The highest BCUT2D eigenvalue weighted by molar-refractivity contribution is 5.64. The molecule has 2 aliphatic heterocycles. The van der Waals surface area contributed by atoms with E-state index in [-0.39, 0.29) is 13.2 Å². The molecule has 10 nitrogen and oxygen atoms in total. The van der Waals surface area contributed by atoms with Crippen molar-refractivity contribution >= 4 is 12.3 Å². The molecular formula is C16H22O10. The van der Waals surface area contributed by atoms with Crippen LogP contribution in [0, 0.1) is 0 Å². The van der Waals surface area contributed by atoms with Crippen LogP contribution in [0.5, 0.6) is 0 Å². The SMILES string of the molecule is O=C1OC/C(=C/COCCOCCOCCOC/C=C2/COC(=O)O2)O1. The molecule has 2 fully saturated rings. The van der Waals surface area contributed by atoms with Gasteiger partial charge < -0.3 is 37.9 Å². The van der Waals surface area contributed by atoms with Crippen LogP contribution in [-0.2, 0) is 37.9 Å². The second kappa shape index (κ2) is 12.3. The fourth-order valence-electron chi connectivity index (χ4n) is 1.82. The predicted octanol–water partition coefficient (Wildman–Crippen LogP) is 1.15. The Labute approximate surface area is 150 Å². The Balaban J connectivity index is 1.29. The highest BCUT2D eigenvalue weighted by Gasteiger charge is 2.18. The first-order valence-corrected chi connectivity index (χ1v) is 8.12. The van der Waals surface area contributed by atoms with Gasteiger partial charge in [0, 0.05) is 0 Å². The number of ether oxygens (including phenoxy) is 8. The molecule has 0 N–H and O–H groups in total. The predicted molar refractivity (Wildman–Crippen MR) is 84.3 cm³/mol. The second-order valence-electron chi connectivity index (χ2n) is 5.00. The van der Waals surface area contributed by atoms with Gasteiger partial charge in [-0.15, -0.1) is 0 Å². The number of rotatable bonds is 13. The summed E-state index contributed by atoms with van der Waals surface area (Å²) in [5, 5.41) is 0. The van der Waals surface area contributed by atoms with Gasteiger partial charge in [0.05, 0.1) is 52.9 Å². The molecule has 2 heterocycles. The van der Waals surface area contributed by atoms with E-state index in [4.69, 9.17) is 28.4 Å². The summed E-state index contributed by atoms with van der Waals surface area (Å²) in [5.41, 5.74) is 0. The topological polar surface area (TPSA) is 108 Å². The summed E-state index contributed by atoms with van der Waals surface area (Å²) in [6, 6.07) is 0. The van der Waals surface area contributed by atoms with Gasteiger partial charge in [-0.05, 0) is 12.2 Å². The molecule has 0 bridgehead atoms. The highest BCUT2D eigenvalue weighted by atomic mass is 16.8. The van der Waals surface area contributed by atoms with E-state index in [1.54, 1.807) is 12.2 Å². The average molecular weight is 374 g/mol. The first-order valence-electron chi connectivity index (χ1n) is 8.12. The molecule has 26 heavy (non-hydrogen) atoms. The molecule has 0 saturated carbocycles. The van der Waals surface area contributed by atoms with Crippen molar-refractivity contribution in [2.24, 2.45) is 0 Å². The normalized spacial score (nSPS) is 19.5. The average Bonchev–Trinajstić information content (AvgIpc) is 3.23. The van der Waals surface area contributed by atoms with Gasteiger partial charge in [-0.3, -0.25) is 0 Å². The highest BCUT2D eigenvalue weighted by Crippen LogP contribution is 2.09. The van der Waals surface area contributed by atoms with Crippen LogP contribution in [0.4, 0.5) is 9.59 Å². The zero-order valence-corrected chi connectivity index (χ0v) is 14.3. The monoisotopic (exact) mass is 374 g/mol. The molecule has 0 amide bonds. The van der Waals surface area contributed by atoms with Gasteiger partial charge in [-0.1, -0.05) is 0 Å². The van der Waals surface area contributed by atoms with Crippen molar-refractivity contribution in [3.05, 3.63) is 23.7 Å². The molecule has 0 aliphatic carbocycles. The van der Waals surface area contributed by atoms with E-state index in [0.717, 1.165) is 0 Å². The molecule has 0 aromatic heterocycles. The zero-order chi connectivity index (χ0) is 18.5. The maximum Gasteiger partial charge on any atom is 0.514 e. The summed E-state index contributed by atoms with van der Waals surface area (Å²) < 4.78 is 39.9. The Hall–Kier alpha value is -2.14. The largest absolute Gasteiger partial charge is 0.514 e. The minimum absolute atomic E-state index is 0.152. The molecule has 0 radical (unpaired) electrons. The van der Waals surface area contributed by atoms with E-state index < -0.39 is 12.3 Å². The summed E-state index contributed by atoms with van der Waals surface area (Å²) in [6.07, 6.45) is 1.92. The van der Waals surface area contributed by atoms with Crippen LogP contribution >= 0.6 is 0 Å². The summed E-state index contributed by atoms with van der Waals surface area (Å²) >= 11 is 0. The van der Waals surface area contributed by atoms with Gasteiger partial charge in [-0.25, -0.2) is 9.59 Å². The van der Waals surface area contributed by atoms with Crippen molar-refractivity contribution in [1.82, 2.24) is 0 Å². The maximum atomic E-state index is 10.7. The van der Waals surface area contributed by atoms with Crippen molar-refractivity contribution in [1.29, 1.82) is 0 Å². The Morgan fingerprint density at radius 2 is 1.04 bits per heavy atom. The van der Waals surface area contributed by atoms with Crippen LogP contribution in [0.15, 0.2) is 23.7 Å². The van der Waals surface area contributed by atoms with Gasteiger partial charge >= 0.3 is 12.3 Å². The third-order valence-electron chi connectivity index (χ3n) is 3.07. The Bertz CT molecular complexity index is 467. The third-order valence-corrected chi connectivity index (χ3v) is 3.07. The Morgan fingerprint density at radius 1 is 0.654 bits per heavy atom. The van der Waals surface area contributed by atoms with Crippen LogP contribution in [0.3, 0.4) is 0 Å². The molecule has 2 rings (SSSR count). The van der Waals surface area contributed by atoms with Crippen molar-refractivity contribution in [3.63, 3.8) is 0 Å². The first kappa shape index (κ1) is 20.2. The minimum Gasteiger partial charge on any atom is -0.426 e. The number of carbonyl (C=O) groups is 2. The van der Waals surface area contributed by atoms with Gasteiger partial charge in [0.15, 0.2) is 13.2 Å². The fraction of sp³-hybridized carbons (Fsp3) is 0.625. The minimum atomic E-state index is -0.684.